The number of hydrogen-bond donors (Lipinski definition) is 2. The minimum atomic E-state index is -0.0161. The minimum absolute atomic E-state index is 0.0161. The van der Waals surface area contributed by atoms with Gasteiger partial charge in [-0.3, -0.25) is 4.79 Å². The van der Waals surface area contributed by atoms with Gasteiger partial charge in [-0.15, -0.1) is 0 Å². The highest BCUT2D eigenvalue weighted by Crippen LogP contribution is 2.28. The van der Waals surface area contributed by atoms with Crippen molar-refractivity contribution in [3.63, 3.8) is 0 Å². The summed E-state index contributed by atoms with van der Waals surface area (Å²) in [5.41, 5.74) is 6.08. The van der Waals surface area contributed by atoms with E-state index >= 15 is 0 Å². The van der Waals surface area contributed by atoms with Gasteiger partial charge in [-0.25, -0.2) is 0 Å². The molecule has 2 rings (SSSR count). The third kappa shape index (κ3) is 3.23. The van der Waals surface area contributed by atoms with Crippen LogP contribution in [-0.4, -0.2) is 30.7 Å². The lowest BCUT2D eigenvalue weighted by Gasteiger charge is -2.33. The molecule has 4 heteroatoms. The molecule has 4 nitrogen and oxygen atoms in total. The van der Waals surface area contributed by atoms with Crippen LogP contribution in [0.15, 0.2) is 0 Å². The minimum Gasteiger partial charge on any atom is -0.376 e. The quantitative estimate of drug-likeness (QED) is 0.801. The summed E-state index contributed by atoms with van der Waals surface area (Å²) in [6.07, 6.45) is 5.37. The molecular weight excluding hydrogens is 228 g/mol. The molecule has 0 aromatic carbocycles. The Morgan fingerprint density at radius 3 is 2.83 bits per heavy atom. The Morgan fingerprint density at radius 1 is 1.39 bits per heavy atom. The van der Waals surface area contributed by atoms with E-state index in [1.54, 1.807) is 0 Å². The molecule has 2 aliphatic rings. The largest absolute Gasteiger partial charge is 0.376 e. The van der Waals surface area contributed by atoms with E-state index in [2.05, 4.69) is 12.2 Å². The lowest BCUT2D eigenvalue weighted by Crippen LogP contribution is -2.49. The molecule has 1 saturated carbocycles. The molecule has 5 atom stereocenters. The van der Waals surface area contributed by atoms with Gasteiger partial charge in [-0.05, 0) is 44.9 Å². The van der Waals surface area contributed by atoms with Gasteiger partial charge in [0.25, 0.3) is 0 Å². The van der Waals surface area contributed by atoms with Gasteiger partial charge in [0.2, 0.25) is 5.91 Å². The Morgan fingerprint density at radius 2 is 2.17 bits per heavy atom. The Bertz CT molecular complexity index is 290. The molecule has 1 aliphatic carbocycles. The van der Waals surface area contributed by atoms with Crippen molar-refractivity contribution in [1.29, 1.82) is 0 Å². The van der Waals surface area contributed by atoms with Crippen LogP contribution in [0, 0.1) is 11.8 Å². The first-order chi connectivity index (χ1) is 8.58. The second-order valence-electron chi connectivity index (χ2n) is 6.04. The van der Waals surface area contributed by atoms with Crippen LogP contribution in [0.25, 0.3) is 0 Å². The molecule has 0 radical (unpaired) electrons. The summed E-state index contributed by atoms with van der Waals surface area (Å²) in [4.78, 5) is 12.3. The normalized spacial score (nSPS) is 38.4. The Balaban J connectivity index is 1.85. The van der Waals surface area contributed by atoms with Crippen molar-refractivity contribution < 1.29 is 9.53 Å². The summed E-state index contributed by atoms with van der Waals surface area (Å²) in [5, 5.41) is 3.10. The number of nitrogens with two attached hydrogens (primary N) is 1. The molecule has 5 unspecified atom stereocenters. The smallest absolute Gasteiger partial charge is 0.224 e. The van der Waals surface area contributed by atoms with Gasteiger partial charge < -0.3 is 15.8 Å². The van der Waals surface area contributed by atoms with Crippen molar-refractivity contribution in [2.24, 2.45) is 17.6 Å². The Labute approximate surface area is 110 Å². The fourth-order valence-electron chi connectivity index (χ4n) is 3.13. The first-order valence-corrected chi connectivity index (χ1v) is 7.25. The molecule has 1 saturated heterocycles. The monoisotopic (exact) mass is 254 g/mol. The van der Waals surface area contributed by atoms with Crippen molar-refractivity contribution in [3.8, 4) is 0 Å². The highest BCUT2D eigenvalue weighted by Gasteiger charge is 2.33. The number of hydrogen-bond acceptors (Lipinski definition) is 3. The maximum Gasteiger partial charge on any atom is 0.224 e. The number of ether oxygens (including phenoxy) is 1. The summed E-state index contributed by atoms with van der Waals surface area (Å²) in [7, 11) is 0. The van der Waals surface area contributed by atoms with Crippen LogP contribution in [0.3, 0.4) is 0 Å². The third-order valence-electron chi connectivity index (χ3n) is 4.40. The van der Waals surface area contributed by atoms with Crippen LogP contribution in [0.4, 0.5) is 0 Å². The van der Waals surface area contributed by atoms with Gasteiger partial charge in [-0.2, -0.15) is 0 Å². The summed E-state index contributed by atoms with van der Waals surface area (Å²) in [6, 6.07) is 0.127. The summed E-state index contributed by atoms with van der Waals surface area (Å²) in [6.45, 7) is 5.06. The molecular formula is C14H26N2O2. The standard InChI is InChI=1S/C14H26N2O2/c1-9-5-6-12(15)11(8-9)14(17)16-10(2)13-4-3-7-18-13/h9-13H,3-8,15H2,1-2H3,(H,16,17). The molecule has 0 spiro atoms. The molecule has 1 aliphatic heterocycles. The zero-order valence-corrected chi connectivity index (χ0v) is 11.5. The van der Waals surface area contributed by atoms with E-state index in [1.165, 1.54) is 0 Å². The SMILES string of the molecule is CC1CCC(N)C(C(=O)NC(C)C2CCCO2)C1. The summed E-state index contributed by atoms with van der Waals surface area (Å²) in [5.74, 6) is 0.716. The number of carbonyl (C=O) groups excluding carboxylic acids is 1. The van der Waals surface area contributed by atoms with E-state index < -0.39 is 0 Å². The molecule has 3 N–H and O–H groups in total. The van der Waals surface area contributed by atoms with Crippen LogP contribution in [0.2, 0.25) is 0 Å². The van der Waals surface area contributed by atoms with Crippen LogP contribution in [-0.2, 0) is 9.53 Å². The number of amides is 1. The van der Waals surface area contributed by atoms with Crippen molar-refractivity contribution in [1.82, 2.24) is 5.32 Å². The zero-order chi connectivity index (χ0) is 13.1. The van der Waals surface area contributed by atoms with E-state index in [0.717, 1.165) is 38.7 Å². The molecule has 2 fully saturated rings. The van der Waals surface area contributed by atoms with Gasteiger partial charge in [0, 0.05) is 12.6 Å². The number of nitrogens with one attached hydrogen (secondary N) is 1. The van der Waals surface area contributed by atoms with Crippen LogP contribution in [0.5, 0.6) is 0 Å². The van der Waals surface area contributed by atoms with Crippen molar-refractivity contribution in [2.45, 2.75) is 64.1 Å². The van der Waals surface area contributed by atoms with Gasteiger partial charge in [-0.1, -0.05) is 6.92 Å². The van der Waals surface area contributed by atoms with Crippen molar-refractivity contribution in [2.75, 3.05) is 6.61 Å². The Kier molecular flexibility index (Phi) is 4.62. The maximum atomic E-state index is 12.3. The summed E-state index contributed by atoms with van der Waals surface area (Å²) >= 11 is 0. The first kappa shape index (κ1) is 13.8. The van der Waals surface area contributed by atoms with Gasteiger partial charge in [0.1, 0.15) is 0 Å². The maximum absolute atomic E-state index is 12.3. The van der Waals surface area contributed by atoms with E-state index in [9.17, 15) is 4.79 Å². The average Bonchev–Trinajstić information content (AvgIpc) is 2.85. The van der Waals surface area contributed by atoms with E-state index in [1.807, 2.05) is 6.92 Å². The molecule has 0 aromatic rings. The highest BCUT2D eigenvalue weighted by molar-refractivity contribution is 5.79. The third-order valence-corrected chi connectivity index (χ3v) is 4.40. The molecule has 18 heavy (non-hydrogen) atoms. The Hall–Kier alpha value is -0.610. The van der Waals surface area contributed by atoms with E-state index in [-0.39, 0.29) is 30.0 Å². The van der Waals surface area contributed by atoms with Gasteiger partial charge >= 0.3 is 0 Å². The number of carbonyl (C=O) groups is 1. The predicted molar refractivity (Wildman–Crippen MR) is 71.1 cm³/mol. The molecule has 104 valence electrons. The zero-order valence-electron chi connectivity index (χ0n) is 11.5. The van der Waals surface area contributed by atoms with Gasteiger partial charge in [0.05, 0.1) is 18.1 Å². The summed E-state index contributed by atoms with van der Waals surface area (Å²) < 4.78 is 5.60. The molecule has 1 amide bonds. The average molecular weight is 254 g/mol. The highest BCUT2D eigenvalue weighted by atomic mass is 16.5. The predicted octanol–water partition coefficient (Wildman–Crippen LogP) is 1.43. The van der Waals surface area contributed by atoms with Crippen LogP contribution < -0.4 is 11.1 Å². The van der Waals surface area contributed by atoms with E-state index in [4.69, 9.17) is 10.5 Å². The first-order valence-electron chi connectivity index (χ1n) is 7.25. The van der Waals surface area contributed by atoms with Crippen molar-refractivity contribution in [3.05, 3.63) is 0 Å². The topological polar surface area (TPSA) is 64.4 Å². The molecule has 0 aromatic heterocycles. The lowest BCUT2D eigenvalue weighted by atomic mass is 9.78. The fourth-order valence-corrected chi connectivity index (χ4v) is 3.13. The van der Waals surface area contributed by atoms with Crippen LogP contribution in [0.1, 0.15) is 46.0 Å². The lowest BCUT2D eigenvalue weighted by molar-refractivity contribution is -0.128. The van der Waals surface area contributed by atoms with E-state index in [0.29, 0.717) is 5.92 Å². The van der Waals surface area contributed by atoms with Crippen LogP contribution >= 0.6 is 0 Å². The second-order valence-corrected chi connectivity index (χ2v) is 6.04. The number of rotatable bonds is 3. The fraction of sp³-hybridized carbons (Fsp3) is 0.929. The molecule has 1 heterocycles. The van der Waals surface area contributed by atoms with Gasteiger partial charge in [0.15, 0.2) is 0 Å². The van der Waals surface area contributed by atoms with Crippen molar-refractivity contribution >= 4 is 5.91 Å². The molecule has 0 bridgehead atoms. The second kappa shape index (κ2) is 6.02.